The van der Waals surface area contributed by atoms with Crippen LogP contribution in [0.25, 0.3) is 6.08 Å². The van der Waals surface area contributed by atoms with Crippen LogP contribution in [0.4, 0.5) is 11.4 Å². The van der Waals surface area contributed by atoms with Gasteiger partial charge in [-0.05, 0) is 66.3 Å². The molecule has 0 spiro atoms. The number of fused-ring (bicyclic) bond motifs is 1. The van der Waals surface area contributed by atoms with Gasteiger partial charge in [0.25, 0.3) is 5.91 Å². The van der Waals surface area contributed by atoms with Gasteiger partial charge in [0.05, 0.1) is 0 Å². The maximum Gasteiger partial charge on any atom is 0.251 e. The Hall–Kier alpha value is -3.22. The normalized spacial score (nSPS) is 16.2. The summed E-state index contributed by atoms with van der Waals surface area (Å²) in [5.41, 5.74) is 5.23. The number of halogens is 1. The van der Waals surface area contributed by atoms with E-state index in [1.807, 2.05) is 58.3 Å². The highest BCUT2D eigenvalue weighted by Gasteiger charge is 2.30. The number of piperidine rings is 1. The Morgan fingerprint density at radius 1 is 0.973 bits per heavy atom. The standard InChI is InChI=1S/C31H32BrN3O2/c1-23(36)34-19-14-26-11-12-29(21-30(26)34)35(31(37)13-10-24-8-5-9-27(32)20-24)28-15-17-33(18-16-28)22-25-6-3-2-4-7-25/h2-13,20-21,28H,14-19,22H2,1H3. The fraction of sp³-hybridized carbons (Fsp3) is 0.290. The monoisotopic (exact) mass is 557 g/mol. The van der Waals surface area contributed by atoms with Crippen molar-refractivity contribution in [2.24, 2.45) is 0 Å². The number of carbonyl (C=O) groups is 2. The van der Waals surface area contributed by atoms with E-state index in [9.17, 15) is 9.59 Å². The van der Waals surface area contributed by atoms with Crippen LogP contribution in [0, 0.1) is 0 Å². The lowest BCUT2D eigenvalue weighted by atomic mass is 10.0. The first-order chi connectivity index (χ1) is 18.0. The van der Waals surface area contributed by atoms with Crippen molar-refractivity contribution >= 4 is 45.2 Å². The van der Waals surface area contributed by atoms with Gasteiger partial charge in [0.1, 0.15) is 0 Å². The van der Waals surface area contributed by atoms with E-state index < -0.39 is 0 Å². The van der Waals surface area contributed by atoms with Crippen LogP contribution in [0.15, 0.2) is 83.3 Å². The SMILES string of the molecule is CC(=O)N1CCc2ccc(N(C(=O)C=Cc3cccc(Br)c3)C3CCN(Cc4ccccc4)CC3)cc21. The molecule has 0 N–H and O–H groups in total. The highest BCUT2D eigenvalue weighted by molar-refractivity contribution is 9.10. The van der Waals surface area contributed by atoms with Crippen LogP contribution in [0.1, 0.15) is 36.5 Å². The highest BCUT2D eigenvalue weighted by Crippen LogP contribution is 2.34. The van der Waals surface area contributed by atoms with E-state index in [-0.39, 0.29) is 17.9 Å². The molecule has 2 aliphatic heterocycles. The molecule has 0 aliphatic carbocycles. The average Bonchev–Trinajstić information content (AvgIpc) is 3.33. The molecule has 0 atom stereocenters. The third-order valence-corrected chi connectivity index (χ3v) is 7.79. The van der Waals surface area contributed by atoms with Gasteiger partial charge >= 0.3 is 0 Å². The summed E-state index contributed by atoms with van der Waals surface area (Å²) in [6.07, 6.45) is 6.20. The van der Waals surface area contributed by atoms with Crippen LogP contribution >= 0.6 is 15.9 Å². The summed E-state index contributed by atoms with van der Waals surface area (Å²) >= 11 is 3.51. The molecular weight excluding hydrogens is 526 g/mol. The molecule has 2 aliphatic rings. The lowest BCUT2D eigenvalue weighted by Gasteiger charge is -2.38. The average molecular weight is 559 g/mol. The summed E-state index contributed by atoms with van der Waals surface area (Å²) in [6, 6.07) is 24.7. The number of hydrogen-bond acceptors (Lipinski definition) is 3. The third-order valence-electron chi connectivity index (χ3n) is 7.30. The van der Waals surface area contributed by atoms with E-state index in [0.29, 0.717) is 6.54 Å². The number of amides is 2. The summed E-state index contributed by atoms with van der Waals surface area (Å²) in [4.78, 5) is 32.2. The van der Waals surface area contributed by atoms with Crippen LogP contribution in [-0.4, -0.2) is 42.4 Å². The fourth-order valence-electron chi connectivity index (χ4n) is 5.40. The molecule has 0 aromatic heterocycles. The number of rotatable bonds is 6. The smallest absolute Gasteiger partial charge is 0.251 e. The van der Waals surface area contributed by atoms with Crippen molar-refractivity contribution < 1.29 is 9.59 Å². The van der Waals surface area contributed by atoms with Gasteiger partial charge < -0.3 is 9.80 Å². The first-order valence-electron chi connectivity index (χ1n) is 12.9. The lowest BCUT2D eigenvalue weighted by Crippen LogP contribution is -2.47. The molecule has 3 aromatic rings. The van der Waals surface area contributed by atoms with Gasteiger partial charge in [-0.25, -0.2) is 0 Å². The molecule has 0 radical (unpaired) electrons. The van der Waals surface area contributed by atoms with Gasteiger partial charge in [-0.15, -0.1) is 0 Å². The molecule has 2 heterocycles. The maximum atomic E-state index is 13.7. The van der Waals surface area contributed by atoms with Gasteiger partial charge in [0, 0.05) is 61.1 Å². The van der Waals surface area contributed by atoms with Crippen molar-refractivity contribution in [3.05, 3.63) is 100 Å². The molecule has 2 amide bonds. The number of nitrogens with zero attached hydrogens (tertiary/aromatic N) is 3. The van der Waals surface area contributed by atoms with Crippen molar-refractivity contribution in [3.63, 3.8) is 0 Å². The lowest BCUT2D eigenvalue weighted by molar-refractivity contribution is -0.116. The minimum absolute atomic E-state index is 0.0335. The Bertz CT molecular complexity index is 1300. The van der Waals surface area contributed by atoms with Gasteiger partial charge in [-0.3, -0.25) is 14.5 Å². The molecule has 190 valence electrons. The Morgan fingerprint density at radius 2 is 1.76 bits per heavy atom. The van der Waals surface area contributed by atoms with Gasteiger partial charge in [0.2, 0.25) is 5.91 Å². The summed E-state index contributed by atoms with van der Waals surface area (Å²) < 4.78 is 0.979. The minimum Gasteiger partial charge on any atom is -0.312 e. The molecule has 1 saturated heterocycles. The summed E-state index contributed by atoms with van der Waals surface area (Å²) in [5, 5.41) is 0. The first-order valence-corrected chi connectivity index (χ1v) is 13.7. The van der Waals surface area contributed by atoms with E-state index in [1.54, 1.807) is 13.0 Å². The number of hydrogen-bond donors (Lipinski definition) is 0. The van der Waals surface area contributed by atoms with E-state index in [4.69, 9.17) is 0 Å². The zero-order valence-corrected chi connectivity index (χ0v) is 22.7. The van der Waals surface area contributed by atoms with Gasteiger partial charge in [0.15, 0.2) is 0 Å². The van der Waals surface area contributed by atoms with Crippen LogP contribution in [0.3, 0.4) is 0 Å². The van der Waals surface area contributed by atoms with Crippen LogP contribution in [0.5, 0.6) is 0 Å². The van der Waals surface area contributed by atoms with E-state index >= 15 is 0 Å². The van der Waals surface area contributed by atoms with Crippen LogP contribution < -0.4 is 9.80 Å². The predicted octanol–water partition coefficient (Wildman–Crippen LogP) is 6.07. The van der Waals surface area contributed by atoms with Crippen molar-refractivity contribution in [1.82, 2.24) is 4.90 Å². The van der Waals surface area contributed by atoms with E-state index in [1.165, 1.54) is 5.56 Å². The predicted molar refractivity (Wildman–Crippen MR) is 154 cm³/mol. The Labute approximate surface area is 227 Å². The van der Waals surface area contributed by atoms with Crippen LogP contribution in [0.2, 0.25) is 0 Å². The second kappa shape index (κ2) is 11.4. The topological polar surface area (TPSA) is 43.9 Å². The Kier molecular flexibility index (Phi) is 7.87. The van der Waals surface area contributed by atoms with Crippen molar-refractivity contribution in [2.45, 2.75) is 38.8 Å². The maximum absolute atomic E-state index is 13.7. The summed E-state index contributed by atoms with van der Waals surface area (Å²) in [5.74, 6) is 0.00588. The molecule has 0 saturated carbocycles. The van der Waals surface area contributed by atoms with Crippen molar-refractivity contribution in [1.29, 1.82) is 0 Å². The number of likely N-dealkylation sites (tertiary alicyclic amines) is 1. The van der Waals surface area contributed by atoms with E-state index in [2.05, 4.69) is 51.2 Å². The molecule has 0 bridgehead atoms. The first kappa shape index (κ1) is 25.4. The van der Waals surface area contributed by atoms with Gasteiger partial charge in [-0.1, -0.05) is 64.5 Å². The molecule has 37 heavy (non-hydrogen) atoms. The molecule has 3 aromatic carbocycles. The number of benzene rings is 3. The van der Waals surface area contributed by atoms with Crippen molar-refractivity contribution in [2.75, 3.05) is 29.4 Å². The third kappa shape index (κ3) is 6.03. The second-order valence-corrected chi connectivity index (χ2v) is 10.7. The molecule has 1 fully saturated rings. The molecular formula is C31H32BrN3O2. The fourth-order valence-corrected chi connectivity index (χ4v) is 5.81. The summed E-state index contributed by atoms with van der Waals surface area (Å²) in [6.45, 7) is 5.10. The molecule has 5 nitrogen and oxygen atoms in total. The zero-order chi connectivity index (χ0) is 25.8. The van der Waals surface area contributed by atoms with Gasteiger partial charge in [-0.2, -0.15) is 0 Å². The van der Waals surface area contributed by atoms with Crippen molar-refractivity contribution in [3.8, 4) is 0 Å². The highest BCUT2D eigenvalue weighted by atomic mass is 79.9. The number of carbonyl (C=O) groups excluding carboxylic acids is 2. The quantitative estimate of drug-likeness (QED) is 0.345. The number of anilines is 2. The molecule has 5 rings (SSSR count). The molecule has 0 unspecified atom stereocenters. The largest absolute Gasteiger partial charge is 0.312 e. The zero-order valence-electron chi connectivity index (χ0n) is 21.1. The summed E-state index contributed by atoms with van der Waals surface area (Å²) in [7, 11) is 0. The minimum atomic E-state index is -0.0335. The van der Waals surface area contributed by atoms with E-state index in [0.717, 1.165) is 65.9 Å². The Balaban J connectivity index is 1.39. The Morgan fingerprint density at radius 3 is 2.49 bits per heavy atom. The second-order valence-electron chi connectivity index (χ2n) is 9.82. The molecule has 6 heteroatoms. The van der Waals surface area contributed by atoms with Crippen LogP contribution in [-0.2, 0) is 22.6 Å².